The molecule has 0 saturated heterocycles. The van der Waals surface area contributed by atoms with Gasteiger partial charge in [-0.1, -0.05) is 36.4 Å². The Hall–Kier alpha value is -2.33. The molecule has 4 heteroatoms. The zero-order chi connectivity index (χ0) is 16.1. The van der Waals surface area contributed by atoms with Gasteiger partial charge in [-0.3, -0.25) is 9.78 Å². The number of nitrogens with zero attached hydrogens (tertiary/aromatic N) is 1. The quantitative estimate of drug-likeness (QED) is 0.716. The average molecular weight is 322 g/mol. The lowest BCUT2D eigenvalue weighted by Gasteiger charge is -2.13. The summed E-state index contributed by atoms with van der Waals surface area (Å²) in [7, 11) is 0. The van der Waals surface area contributed by atoms with Crippen LogP contribution in [-0.4, -0.2) is 16.6 Å². The first-order valence-corrected chi connectivity index (χ1v) is 8.53. The smallest absolute Gasteiger partial charge is 0.230 e. The van der Waals surface area contributed by atoms with E-state index in [1.165, 1.54) is 10.8 Å². The summed E-state index contributed by atoms with van der Waals surface area (Å²) < 4.78 is 0. The van der Waals surface area contributed by atoms with Crippen molar-refractivity contribution < 1.29 is 4.79 Å². The minimum absolute atomic E-state index is 0.0151. The van der Waals surface area contributed by atoms with Gasteiger partial charge in [0.15, 0.2) is 0 Å². The van der Waals surface area contributed by atoms with Gasteiger partial charge < -0.3 is 5.32 Å². The van der Waals surface area contributed by atoms with Crippen LogP contribution in [0.2, 0.25) is 0 Å². The number of hydrogen-bond acceptors (Lipinski definition) is 3. The van der Waals surface area contributed by atoms with Crippen LogP contribution in [0.15, 0.2) is 71.8 Å². The van der Waals surface area contributed by atoms with Gasteiger partial charge in [0.2, 0.25) is 5.91 Å². The Morgan fingerprint density at radius 1 is 1.09 bits per heavy atom. The molecule has 3 nitrogen and oxygen atoms in total. The van der Waals surface area contributed by atoms with E-state index in [-0.39, 0.29) is 11.9 Å². The fourth-order valence-corrected chi connectivity index (χ4v) is 3.15. The SMILES string of the molecule is CC(NC(=O)CSc1ccc2ccccc2c1)c1ccccn1. The molecule has 3 rings (SSSR count). The van der Waals surface area contributed by atoms with E-state index in [4.69, 9.17) is 0 Å². The molecule has 1 unspecified atom stereocenters. The first-order chi connectivity index (χ1) is 11.2. The van der Waals surface area contributed by atoms with E-state index in [1.54, 1.807) is 18.0 Å². The predicted molar refractivity (Wildman–Crippen MR) is 95.5 cm³/mol. The molecule has 0 saturated carbocycles. The number of pyridine rings is 1. The van der Waals surface area contributed by atoms with E-state index >= 15 is 0 Å². The lowest BCUT2D eigenvalue weighted by molar-refractivity contribution is -0.119. The van der Waals surface area contributed by atoms with E-state index < -0.39 is 0 Å². The lowest BCUT2D eigenvalue weighted by atomic mass is 10.1. The highest BCUT2D eigenvalue weighted by molar-refractivity contribution is 8.00. The third kappa shape index (κ3) is 4.11. The summed E-state index contributed by atoms with van der Waals surface area (Å²) in [5, 5.41) is 5.39. The maximum Gasteiger partial charge on any atom is 0.230 e. The maximum atomic E-state index is 12.1. The van der Waals surface area contributed by atoms with E-state index in [0.717, 1.165) is 10.6 Å². The highest BCUT2D eigenvalue weighted by atomic mass is 32.2. The molecule has 0 aliphatic rings. The first kappa shape index (κ1) is 15.6. The third-order valence-electron chi connectivity index (χ3n) is 3.60. The van der Waals surface area contributed by atoms with Crippen molar-refractivity contribution in [3.63, 3.8) is 0 Å². The molecule has 1 atom stereocenters. The zero-order valence-corrected chi connectivity index (χ0v) is 13.7. The van der Waals surface area contributed by atoms with Crippen LogP contribution < -0.4 is 5.32 Å². The van der Waals surface area contributed by atoms with Crippen molar-refractivity contribution in [3.8, 4) is 0 Å². The van der Waals surface area contributed by atoms with E-state index in [1.807, 2.05) is 37.3 Å². The molecule has 1 heterocycles. The molecule has 2 aromatic carbocycles. The Morgan fingerprint density at radius 2 is 1.87 bits per heavy atom. The molecular weight excluding hydrogens is 304 g/mol. The first-order valence-electron chi connectivity index (χ1n) is 7.54. The van der Waals surface area contributed by atoms with Crippen LogP contribution in [0.4, 0.5) is 0 Å². The molecule has 0 fully saturated rings. The Labute approximate surface area is 140 Å². The van der Waals surface area contributed by atoms with Crippen LogP contribution in [-0.2, 0) is 4.79 Å². The highest BCUT2D eigenvalue weighted by Crippen LogP contribution is 2.23. The molecule has 116 valence electrons. The third-order valence-corrected chi connectivity index (χ3v) is 4.59. The van der Waals surface area contributed by atoms with Gasteiger partial charge in [0.05, 0.1) is 17.5 Å². The van der Waals surface area contributed by atoms with Crippen molar-refractivity contribution in [2.24, 2.45) is 0 Å². The van der Waals surface area contributed by atoms with Gasteiger partial charge in [-0.15, -0.1) is 11.8 Å². The Bertz CT molecular complexity index is 805. The van der Waals surface area contributed by atoms with Crippen molar-refractivity contribution in [1.29, 1.82) is 0 Å². The van der Waals surface area contributed by atoms with Crippen molar-refractivity contribution in [3.05, 3.63) is 72.6 Å². The second kappa shape index (κ2) is 7.29. The largest absolute Gasteiger partial charge is 0.347 e. The Kier molecular flexibility index (Phi) is 4.93. The molecule has 0 spiro atoms. The number of fused-ring (bicyclic) bond motifs is 1. The van der Waals surface area contributed by atoms with Crippen LogP contribution in [0.5, 0.6) is 0 Å². The minimum atomic E-state index is -0.0825. The van der Waals surface area contributed by atoms with Gasteiger partial charge in [-0.25, -0.2) is 0 Å². The second-order valence-electron chi connectivity index (χ2n) is 5.34. The number of hydrogen-bond donors (Lipinski definition) is 1. The van der Waals surface area contributed by atoms with Gasteiger partial charge in [-0.2, -0.15) is 0 Å². The minimum Gasteiger partial charge on any atom is -0.347 e. The molecule has 3 aromatic rings. The summed E-state index contributed by atoms with van der Waals surface area (Å²) >= 11 is 1.55. The topological polar surface area (TPSA) is 42.0 Å². The van der Waals surface area contributed by atoms with E-state index in [9.17, 15) is 4.79 Å². The summed E-state index contributed by atoms with van der Waals surface area (Å²) in [6, 6.07) is 20.1. The van der Waals surface area contributed by atoms with Crippen LogP contribution in [0.25, 0.3) is 10.8 Å². The molecule has 0 aliphatic heterocycles. The predicted octanol–water partition coefficient (Wildman–Crippen LogP) is 4.20. The summed E-state index contributed by atoms with van der Waals surface area (Å²) in [6.45, 7) is 1.95. The standard InChI is InChI=1S/C19H18N2OS/c1-14(18-8-4-5-11-20-18)21-19(22)13-23-17-10-9-15-6-2-3-7-16(15)12-17/h2-12,14H,13H2,1H3,(H,21,22). The second-order valence-corrected chi connectivity index (χ2v) is 6.39. The number of benzene rings is 2. The Morgan fingerprint density at radius 3 is 2.65 bits per heavy atom. The van der Waals surface area contributed by atoms with Gasteiger partial charge in [-0.05, 0) is 42.0 Å². The molecule has 0 bridgehead atoms. The summed E-state index contributed by atoms with van der Waals surface area (Å²) in [6.07, 6.45) is 1.74. The van der Waals surface area contributed by atoms with Gasteiger partial charge in [0.1, 0.15) is 0 Å². The van der Waals surface area contributed by atoms with Crippen molar-refractivity contribution in [2.75, 3.05) is 5.75 Å². The number of rotatable bonds is 5. The van der Waals surface area contributed by atoms with Gasteiger partial charge in [0, 0.05) is 11.1 Å². The van der Waals surface area contributed by atoms with E-state index in [2.05, 4.69) is 40.6 Å². The number of amides is 1. The van der Waals surface area contributed by atoms with Gasteiger partial charge in [0.25, 0.3) is 0 Å². The fraction of sp³-hybridized carbons (Fsp3) is 0.158. The fourth-order valence-electron chi connectivity index (χ4n) is 2.40. The van der Waals surface area contributed by atoms with Crippen molar-refractivity contribution in [2.45, 2.75) is 17.9 Å². The van der Waals surface area contributed by atoms with Crippen LogP contribution in [0.1, 0.15) is 18.7 Å². The van der Waals surface area contributed by atoms with Crippen molar-refractivity contribution in [1.82, 2.24) is 10.3 Å². The normalized spacial score (nSPS) is 12.0. The van der Waals surface area contributed by atoms with Crippen LogP contribution in [0.3, 0.4) is 0 Å². The number of thioether (sulfide) groups is 1. The maximum absolute atomic E-state index is 12.1. The average Bonchev–Trinajstić information content (AvgIpc) is 2.60. The summed E-state index contributed by atoms with van der Waals surface area (Å²) in [5.74, 6) is 0.413. The van der Waals surface area contributed by atoms with Crippen LogP contribution >= 0.6 is 11.8 Å². The molecule has 23 heavy (non-hydrogen) atoms. The van der Waals surface area contributed by atoms with E-state index in [0.29, 0.717) is 5.75 Å². The lowest BCUT2D eigenvalue weighted by Crippen LogP contribution is -2.28. The summed E-state index contributed by atoms with van der Waals surface area (Å²) in [4.78, 5) is 17.5. The molecule has 0 radical (unpaired) electrons. The van der Waals surface area contributed by atoms with Crippen LogP contribution in [0, 0.1) is 0 Å². The number of nitrogens with one attached hydrogen (secondary N) is 1. The summed E-state index contributed by atoms with van der Waals surface area (Å²) in [5.41, 5.74) is 0.872. The zero-order valence-electron chi connectivity index (χ0n) is 12.9. The Balaban J connectivity index is 1.57. The van der Waals surface area contributed by atoms with Crippen molar-refractivity contribution >= 4 is 28.4 Å². The molecule has 1 amide bonds. The number of carbonyl (C=O) groups is 1. The molecule has 1 aromatic heterocycles. The monoisotopic (exact) mass is 322 g/mol. The molecular formula is C19H18N2OS. The number of aromatic nitrogens is 1. The van der Waals surface area contributed by atoms with Gasteiger partial charge >= 0.3 is 0 Å². The number of carbonyl (C=O) groups excluding carboxylic acids is 1. The molecule has 0 aliphatic carbocycles. The highest BCUT2D eigenvalue weighted by Gasteiger charge is 2.10. The molecule has 1 N–H and O–H groups in total.